The molecular formula is C24H30N4O5S. The number of thiophene rings is 1. The fourth-order valence-corrected chi connectivity index (χ4v) is 5.04. The van der Waals surface area contributed by atoms with Crippen molar-refractivity contribution in [2.24, 2.45) is 5.73 Å². The zero-order valence-corrected chi connectivity index (χ0v) is 20.4. The summed E-state index contributed by atoms with van der Waals surface area (Å²) in [6.07, 6.45) is 1.45. The highest BCUT2D eigenvalue weighted by atomic mass is 32.1. The minimum absolute atomic E-state index is 0.0416. The number of aryl methyl sites for hydroxylation is 1. The molecule has 1 aromatic carbocycles. The van der Waals surface area contributed by atoms with Gasteiger partial charge in [0.1, 0.15) is 5.00 Å². The summed E-state index contributed by atoms with van der Waals surface area (Å²) in [5, 5.41) is 6.08. The molecule has 1 aliphatic rings. The average Bonchev–Trinajstić information content (AvgIpc) is 3.11. The largest absolute Gasteiger partial charge is 0.462 e. The number of nitrogens with zero attached hydrogens (tertiary/aromatic N) is 1. The summed E-state index contributed by atoms with van der Waals surface area (Å²) >= 11 is 0.972. The quantitative estimate of drug-likeness (QED) is 0.492. The van der Waals surface area contributed by atoms with Crippen molar-refractivity contribution in [3.8, 4) is 0 Å². The highest BCUT2D eigenvalue weighted by molar-refractivity contribution is 7.18. The lowest BCUT2D eigenvalue weighted by atomic mass is 10.0. The van der Waals surface area contributed by atoms with Crippen LogP contribution in [0.2, 0.25) is 0 Å². The molecule has 0 unspecified atom stereocenters. The van der Waals surface area contributed by atoms with E-state index in [1.54, 1.807) is 13.8 Å². The van der Waals surface area contributed by atoms with Crippen LogP contribution in [0.4, 0.5) is 5.00 Å². The number of carbonyl (C=O) groups is 4. The van der Waals surface area contributed by atoms with Crippen molar-refractivity contribution in [2.45, 2.75) is 39.7 Å². The van der Waals surface area contributed by atoms with Crippen LogP contribution >= 0.6 is 11.3 Å². The number of anilines is 1. The molecule has 2 heterocycles. The maximum absolute atomic E-state index is 12.7. The SMILES string of the molecule is CCOC(=O)c1c(NC(=O)CN2CCC(NC(=O)c3ccccc3C)CC2)sc(C(N)=O)c1C. The Morgan fingerprint density at radius 1 is 1.15 bits per heavy atom. The molecule has 3 rings (SSSR count). The molecule has 4 N–H and O–H groups in total. The minimum atomic E-state index is -0.664. The fraction of sp³-hybridized carbons (Fsp3) is 0.417. The van der Waals surface area contributed by atoms with Gasteiger partial charge in [-0.2, -0.15) is 0 Å². The van der Waals surface area contributed by atoms with Crippen molar-refractivity contribution >= 4 is 40.0 Å². The summed E-state index contributed by atoms with van der Waals surface area (Å²) in [7, 11) is 0. The number of hydrogen-bond donors (Lipinski definition) is 3. The van der Waals surface area contributed by atoms with Crippen LogP contribution in [0.3, 0.4) is 0 Å². The van der Waals surface area contributed by atoms with Gasteiger partial charge in [-0.1, -0.05) is 18.2 Å². The number of piperidine rings is 1. The fourth-order valence-electron chi connectivity index (χ4n) is 3.98. The molecule has 0 aliphatic carbocycles. The summed E-state index contributed by atoms with van der Waals surface area (Å²) in [4.78, 5) is 51.5. The normalized spacial score (nSPS) is 14.4. The second-order valence-corrected chi connectivity index (χ2v) is 9.25. The van der Waals surface area contributed by atoms with Gasteiger partial charge in [0.15, 0.2) is 0 Å². The molecule has 0 atom stereocenters. The van der Waals surface area contributed by atoms with Gasteiger partial charge in [-0.15, -0.1) is 11.3 Å². The Labute approximate surface area is 202 Å². The molecule has 0 bridgehead atoms. The molecule has 0 radical (unpaired) electrons. The van der Waals surface area contributed by atoms with E-state index in [-0.39, 0.29) is 46.4 Å². The van der Waals surface area contributed by atoms with Gasteiger partial charge in [-0.25, -0.2) is 4.79 Å². The van der Waals surface area contributed by atoms with Crippen molar-refractivity contribution in [3.63, 3.8) is 0 Å². The standard InChI is InChI=1S/C24H30N4O5S/c1-4-33-24(32)19-15(3)20(21(25)30)34-23(19)27-18(29)13-28-11-9-16(10-12-28)26-22(31)17-8-6-5-7-14(17)2/h5-8,16H,4,9-13H2,1-3H3,(H2,25,30)(H,26,31)(H,27,29). The summed E-state index contributed by atoms with van der Waals surface area (Å²) in [6, 6.07) is 7.50. The third-order valence-electron chi connectivity index (χ3n) is 5.78. The lowest BCUT2D eigenvalue weighted by Gasteiger charge is -2.32. The maximum atomic E-state index is 12.7. The van der Waals surface area contributed by atoms with Gasteiger partial charge >= 0.3 is 5.97 Å². The molecule has 1 saturated heterocycles. The van der Waals surface area contributed by atoms with E-state index < -0.39 is 11.9 Å². The van der Waals surface area contributed by atoms with Crippen molar-refractivity contribution in [1.82, 2.24) is 10.2 Å². The Kier molecular flexibility index (Phi) is 8.41. The zero-order chi connectivity index (χ0) is 24.8. The molecular weight excluding hydrogens is 456 g/mol. The number of amides is 3. The smallest absolute Gasteiger partial charge is 0.341 e. The molecule has 1 aliphatic heterocycles. The van der Waals surface area contributed by atoms with E-state index in [2.05, 4.69) is 10.6 Å². The predicted octanol–water partition coefficient (Wildman–Crippen LogP) is 2.47. The molecule has 10 heteroatoms. The van der Waals surface area contributed by atoms with Crippen LogP contribution in [0.1, 0.15) is 61.3 Å². The van der Waals surface area contributed by atoms with Crippen molar-refractivity contribution in [3.05, 3.63) is 51.4 Å². The van der Waals surface area contributed by atoms with E-state index >= 15 is 0 Å². The van der Waals surface area contributed by atoms with Gasteiger partial charge in [0.25, 0.3) is 11.8 Å². The Balaban J connectivity index is 1.56. The average molecular weight is 487 g/mol. The predicted molar refractivity (Wildman–Crippen MR) is 130 cm³/mol. The lowest BCUT2D eigenvalue weighted by Crippen LogP contribution is -2.46. The Bertz CT molecular complexity index is 1090. The van der Waals surface area contributed by atoms with E-state index in [9.17, 15) is 19.2 Å². The third-order valence-corrected chi connectivity index (χ3v) is 7.00. The van der Waals surface area contributed by atoms with Gasteiger partial charge in [0.05, 0.1) is 23.6 Å². The number of esters is 1. The number of carbonyl (C=O) groups excluding carboxylic acids is 4. The molecule has 34 heavy (non-hydrogen) atoms. The Hall–Kier alpha value is -3.24. The van der Waals surface area contributed by atoms with Gasteiger partial charge in [-0.3, -0.25) is 19.3 Å². The molecule has 3 amide bonds. The molecule has 9 nitrogen and oxygen atoms in total. The van der Waals surface area contributed by atoms with Crippen LogP contribution in [0.15, 0.2) is 24.3 Å². The zero-order valence-electron chi connectivity index (χ0n) is 19.6. The number of nitrogens with two attached hydrogens (primary N) is 1. The molecule has 0 spiro atoms. The van der Waals surface area contributed by atoms with Gasteiger partial charge in [-0.05, 0) is 50.8 Å². The van der Waals surface area contributed by atoms with E-state index in [0.29, 0.717) is 24.2 Å². The van der Waals surface area contributed by atoms with E-state index in [1.165, 1.54) is 0 Å². The van der Waals surface area contributed by atoms with E-state index in [0.717, 1.165) is 29.7 Å². The van der Waals surface area contributed by atoms with Crippen LogP contribution < -0.4 is 16.4 Å². The molecule has 182 valence electrons. The summed E-state index contributed by atoms with van der Waals surface area (Å²) in [6.45, 7) is 6.78. The minimum Gasteiger partial charge on any atom is -0.462 e. The van der Waals surface area contributed by atoms with E-state index in [1.807, 2.05) is 36.1 Å². The van der Waals surface area contributed by atoms with Crippen LogP contribution in [0.5, 0.6) is 0 Å². The van der Waals surface area contributed by atoms with Crippen LogP contribution in [-0.2, 0) is 9.53 Å². The maximum Gasteiger partial charge on any atom is 0.341 e. The van der Waals surface area contributed by atoms with Gasteiger partial charge < -0.3 is 21.1 Å². The van der Waals surface area contributed by atoms with Crippen LogP contribution in [0, 0.1) is 13.8 Å². The first-order valence-corrected chi connectivity index (χ1v) is 12.0. The first-order valence-electron chi connectivity index (χ1n) is 11.2. The van der Waals surface area contributed by atoms with Crippen LogP contribution in [-0.4, -0.2) is 60.9 Å². The van der Waals surface area contributed by atoms with E-state index in [4.69, 9.17) is 10.5 Å². The first kappa shape index (κ1) is 25.4. The monoisotopic (exact) mass is 486 g/mol. The molecule has 0 saturated carbocycles. The number of benzene rings is 1. The third kappa shape index (κ3) is 6.00. The number of ether oxygens (including phenoxy) is 1. The Morgan fingerprint density at radius 2 is 1.82 bits per heavy atom. The first-order chi connectivity index (χ1) is 16.2. The molecule has 1 aromatic heterocycles. The highest BCUT2D eigenvalue weighted by Gasteiger charge is 2.27. The number of likely N-dealkylation sites (tertiary alicyclic amines) is 1. The molecule has 2 aromatic rings. The van der Waals surface area contributed by atoms with Crippen molar-refractivity contribution in [1.29, 1.82) is 0 Å². The summed E-state index contributed by atoms with van der Waals surface area (Å²) < 4.78 is 5.08. The number of hydrogen-bond acceptors (Lipinski definition) is 7. The van der Waals surface area contributed by atoms with Crippen LogP contribution in [0.25, 0.3) is 0 Å². The number of rotatable bonds is 8. The second-order valence-electron chi connectivity index (χ2n) is 8.23. The van der Waals surface area contributed by atoms with Crippen molar-refractivity contribution < 1.29 is 23.9 Å². The topological polar surface area (TPSA) is 131 Å². The number of primary amides is 1. The lowest BCUT2D eigenvalue weighted by molar-refractivity contribution is -0.117. The highest BCUT2D eigenvalue weighted by Crippen LogP contribution is 2.33. The number of nitrogens with one attached hydrogen (secondary N) is 2. The van der Waals surface area contributed by atoms with Gasteiger partial charge in [0, 0.05) is 24.7 Å². The Morgan fingerprint density at radius 3 is 2.44 bits per heavy atom. The second kappa shape index (κ2) is 11.3. The summed E-state index contributed by atoms with van der Waals surface area (Å²) in [5.74, 6) is -1.66. The van der Waals surface area contributed by atoms with Gasteiger partial charge in [0.2, 0.25) is 5.91 Å². The summed E-state index contributed by atoms with van der Waals surface area (Å²) in [5.41, 5.74) is 7.57. The van der Waals surface area contributed by atoms with Crippen molar-refractivity contribution in [2.75, 3.05) is 31.6 Å². The molecule has 1 fully saturated rings.